The Morgan fingerprint density at radius 1 is 1.25 bits per heavy atom. The standard InChI is InChI=1S/C9H7Cl2N3OS/c1-4-13-14-9(16-4)15-8-3-6(11)5(10)2-7(8)12/h2-3H,12H2,1H3. The molecule has 0 aliphatic rings. The SMILES string of the molecule is Cc1nnc(Oc2cc(Cl)c(Cl)cc2N)s1. The van der Waals surface area contributed by atoms with E-state index in [9.17, 15) is 0 Å². The Labute approximate surface area is 106 Å². The Morgan fingerprint density at radius 2 is 1.94 bits per heavy atom. The predicted molar refractivity (Wildman–Crippen MR) is 65.6 cm³/mol. The topological polar surface area (TPSA) is 61.0 Å². The zero-order valence-electron chi connectivity index (χ0n) is 8.20. The van der Waals surface area contributed by atoms with E-state index in [2.05, 4.69) is 10.2 Å². The third kappa shape index (κ3) is 2.37. The van der Waals surface area contributed by atoms with E-state index in [0.717, 1.165) is 5.01 Å². The van der Waals surface area contributed by atoms with Crippen LogP contribution in [0.15, 0.2) is 12.1 Å². The lowest BCUT2D eigenvalue weighted by molar-refractivity contribution is 0.475. The monoisotopic (exact) mass is 275 g/mol. The van der Waals surface area contributed by atoms with E-state index in [-0.39, 0.29) is 0 Å². The number of halogens is 2. The molecule has 1 aromatic carbocycles. The number of ether oxygens (including phenoxy) is 1. The number of nitrogens with zero attached hydrogens (tertiary/aromatic N) is 2. The number of benzene rings is 1. The Balaban J connectivity index is 2.31. The minimum atomic E-state index is 0.382. The van der Waals surface area contributed by atoms with E-state index in [0.29, 0.717) is 26.7 Å². The summed E-state index contributed by atoms with van der Waals surface area (Å²) in [7, 11) is 0. The molecule has 0 saturated heterocycles. The van der Waals surface area contributed by atoms with E-state index in [1.165, 1.54) is 17.4 Å². The molecule has 0 spiro atoms. The fourth-order valence-electron chi connectivity index (χ4n) is 1.05. The molecule has 0 amide bonds. The summed E-state index contributed by atoms with van der Waals surface area (Å²) >= 11 is 13.0. The number of rotatable bonds is 2. The van der Waals surface area contributed by atoms with E-state index in [1.807, 2.05) is 6.92 Å². The highest BCUT2D eigenvalue weighted by Crippen LogP contribution is 2.35. The molecule has 0 radical (unpaired) electrons. The minimum Gasteiger partial charge on any atom is -0.428 e. The van der Waals surface area contributed by atoms with Crippen LogP contribution in [0.25, 0.3) is 0 Å². The van der Waals surface area contributed by atoms with Crippen molar-refractivity contribution >= 4 is 40.2 Å². The number of aryl methyl sites for hydroxylation is 1. The van der Waals surface area contributed by atoms with Gasteiger partial charge in [-0.05, 0) is 13.0 Å². The third-order valence-corrected chi connectivity index (χ3v) is 3.20. The van der Waals surface area contributed by atoms with Crippen LogP contribution in [0, 0.1) is 6.92 Å². The Bertz CT molecular complexity index is 529. The van der Waals surface area contributed by atoms with Crippen LogP contribution in [0.4, 0.5) is 5.69 Å². The predicted octanol–water partition coefficient (Wildman–Crippen LogP) is 3.53. The maximum Gasteiger partial charge on any atom is 0.299 e. The van der Waals surface area contributed by atoms with Gasteiger partial charge in [-0.15, -0.1) is 5.10 Å². The van der Waals surface area contributed by atoms with Crippen molar-refractivity contribution in [3.05, 3.63) is 27.2 Å². The molecule has 2 rings (SSSR count). The first-order valence-corrected chi connectivity index (χ1v) is 5.86. The normalized spacial score (nSPS) is 10.4. The zero-order valence-corrected chi connectivity index (χ0v) is 10.5. The first-order valence-electron chi connectivity index (χ1n) is 4.29. The molecule has 0 unspecified atom stereocenters. The van der Waals surface area contributed by atoms with Gasteiger partial charge < -0.3 is 10.5 Å². The van der Waals surface area contributed by atoms with E-state index in [4.69, 9.17) is 33.7 Å². The summed E-state index contributed by atoms with van der Waals surface area (Å²) in [6.45, 7) is 1.84. The first kappa shape index (κ1) is 11.4. The van der Waals surface area contributed by atoms with Crippen LogP contribution in [0.1, 0.15) is 5.01 Å². The second-order valence-electron chi connectivity index (χ2n) is 2.99. The van der Waals surface area contributed by atoms with Crippen molar-refractivity contribution in [1.82, 2.24) is 10.2 Å². The fraction of sp³-hybridized carbons (Fsp3) is 0.111. The van der Waals surface area contributed by atoms with Gasteiger partial charge in [0.1, 0.15) is 5.01 Å². The molecule has 84 valence electrons. The second kappa shape index (κ2) is 4.45. The number of aromatic nitrogens is 2. The van der Waals surface area contributed by atoms with Crippen LogP contribution in [0.5, 0.6) is 10.9 Å². The highest BCUT2D eigenvalue weighted by atomic mass is 35.5. The van der Waals surface area contributed by atoms with Gasteiger partial charge >= 0.3 is 0 Å². The summed E-state index contributed by atoms with van der Waals surface area (Å²) in [6.07, 6.45) is 0. The summed E-state index contributed by atoms with van der Waals surface area (Å²) < 4.78 is 5.44. The van der Waals surface area contributed by atoms with Gasteiger partial charge in [0.2, 0.25) is 0 Å². The van der Waals surface area contributed by atoms with Crippen molar-refractivity contribution in [2.45, 2.75) is 6.92 Å². The lowest BCUT2D eigenvalue weighted by atomic mass is 10.3. The van der Waals surface area contributed by atoms with Gasteiger partial charge in [-0.2, -0.15) is 0 Å². The molecule has 16 heavy (non-hydrogen) atoms. The molecule has 0 fully saturated rings. The van der Waals surface area contributed by atoms with Crippen LogP contribution in [0.3, 0.4) is 0 Å². The van der Waals surface area contributed by atoms with E-state index in [1.54, 1.807) is 6.07 Å². The van der Waals surface area contributed by atoms with E-state index < -0.39 is 0 Å². The Kier molecular flexibility index (Phi) is 3.18. The molecule has 4 nitrogen and oxygen atoms in total. The minimum absolute atomic E-state index is 0.382. The van der Waals surface area contributed by atoms with Gasteiger partial charge in [-0.25, -0.2) is 0 Å². The molecule has 1 aromatic heterocycles. The van der Waals surface area contributed by atoms with Gasteiger partial charge in [0.15, 0.2) is 5.75 Å². The fourth-order valence-corrected chi connectivity index (χ4v) is 1.92. The first-order chi connectivity index (χ1) is 7.56. The van der Waals surface area contributed by atoms with Crippen LogP contribution >= 0.6 is 34.5 Å². The molecule has 0 saturated carbocycles. The largest absolute Gasteiger partial charge is 0.428 e. The second-order valence-corrected chi connectivity index (χ2v) is 4.95. The maximum absolute atomic E-state index is 5.86. The number of hydrogen-bond donors (Lipinski definition) is 1. The van der Waals surface area contributed by atoms with Crippen LogP contribution in [-0.4, -0.2) is 10.2 Å². The zero-order chi connectivity index (χ0) is 11.7. The lowest BCUT2D eigenvalue weighted by Crippen LogP contribution is -1.92. The summed E-state index contributed by atoms with van der Waals surface area (Å²) in [6, 6.07) is 3.09. The van der Waals surface area contributed by atoms with Crippen molar-refractivity contribution in [1.29, 1.82) is 0 Å². The average Bonchev–Trinajstić information content (AvgIpc) is 2.60. The van der Waals surface area contributed by atoms with Gasteiger partial charge in [-0.3, -0.25) is 0 Å². The van der Waals surface area contributed by atoms with Crippen LogP contribution < -0.4 is 10.5 Å². The molecule has 0 aliphatic heterocycles. The molecule has 1 heterocycles. The molecule has 0 atom stereocenters. The van der Waals surface area contributed by atoms with Crippen molar-refractivity contribution in [2.75, 3.05) is 5.73 Å². The smallest absolute Gasteiger partial charge is 0.299 e. The maximum atomic E-state index is 5.86. The average molecular weight is 276 g/mol. The third-order valence-electron chi connectivity index (χ3n) is 1.76. The van der Waals surface area contributed by atoms with Crippen LogP contribution in [-0.2, 0) is 0 Å². The van der Waals surface area contributed by atoms with Gasteiger partial charge in [-0.1, -0.05) is 39.6 Å². The molecular formula is C9H7Cl2N3OS. The highest BCUT2D eigenvalue weighted by molar-refractivity contribution is 7.13. The van der Waals surface area contributed by atoms with Crippen molar-refractivity contribution in [2.24, 2.45) is 0 Å². The number of nitrogen functional groups attached to an aromatic ring is 1. The van der Waals surface area contributed by atoms with Crippen molar-refractivity contribution in [3.8, 4) is 10.9 Å². The molecule has 2 aromatic rings. The molecular weight excluding hydrogens is 269 g/mol. The quantitative estimate of drug-likeness (QED) is 0.852. The summed E-state index contributed by atoms with van der Waals surface area (Å²) in [5, 5.41) is 9.65. The van der Waals surface area contributed by atoms with Gasteiger partial charge in [0.25, 0.3) is 5.19 Å². The van der Waals surface area contributed by atoms with Gasteiger partial charge in [0.05, 0.1) is 15.7 Å². The van der Waals surface area contributed by atoms with Crippen LogP contribution in [0.2, 0.25) is 10.0 Å². The van der Waals surface area contributed by atoms with Crippen molar-refractivity contribution < 1.29 is 4.74 Å². The highest BCUT2D eigenvalue weighted by Gasteiger charge is 2.09. The number of nitrogens with two attached hydrogens (primary N) is 1. The Morgan fingerprint density at radius 3 is 2.56 bits per heavy atom. The Hall–Kier alpha value is -1.04. The van der Waals surface area contributed by atoms with Gasteiger partial charge in [0, 0.05) is 6.07 Å². The lowest BCUT2D eigenvalue weighted by Gasteiger charge is -2.06. The molecule has 7 heteroatoms. The summed E-state index contributed by atoms with van der Waals surface area (Å²) in [5.41, 5.74) is 6.14. The molecule has 0 aliphatic carbocycles. The molecule has 0 bridgehead atoms. The molecule has 2 N–H and O–H groups in total. The number of anilines is 1. The number of hydrogen-bond acceptors (Lipinski definition) is 5. The van der Waals surface area contributed by atoms with E-state index >= 15 is 0 Å². The van der Waals surface area contributed by atoms with Crippen molar-refractivity contribution in [3.63, 3.8) is 0 Å². The summed E-state index contributed by atoms with van der Waals surface area (Å²) in [5.74, 6) is 0.422. The summed E-state index contributed by atoms with van der Waals surface area (Å²) in [4.78, 5) is 0.